The van der Waals surface area contributed by atoms with Crippen molar-refractivity contribution < 1.29 is 5.94 Å². The van der Waals surface area contributed by atoms with E-state index in [1.54, 1.807) is 0 Å². The molecule has 1 nitrogen and oxygen atoms in total. The smallest absolute Gasteiger partial charge is 0.198 e. The van der Waals surface area contributed by atoms with Crippen LogP contribution in [-0.4, -0.2) is 0 Å². The summed E-state index contributed by atoms with van der Waals surface area (Å²) in [6.07, 6.45) is 5.26. The lowest BCUT2D eigenvalue weighted by molar-refractivity contribution is -0.665. The van der Waals surface area contributed by atoms with E-state index >= 15 is 0 Å². The van der Waals surface area contributed by atoms with Crippen LogP contribution in [0.2, 0.25) is 0 Å². The van der Waals surface area contributed by atoms with Crippen LogP contribution >= 0.6 is 0 Å². The largest absolute Gasteiger partial charge is 0.221 e. The predicted octanol–water partition coefficient (Wildman–Crippen LogP) is 6.25. The van der Waals surface area contributed by atoms with Crippen LogP contribution < -0.4 is 4.57 Å². The third-order valence-corrected chi connectivity index (χ3v) is 7.23. The van der Waals surface area contributed by atoms with Crippen LogP contribution in [0.15, 0.2) is 36.4 Å². The second-order valence-corrected chi connectivity index (χ2v) is 9.21. The van der Waals surface area contributed by atoms with Gasteiger partial charge in [-0.3, -0.25) is 0 Å². The minimum atomic E-state index is -0.0596. The predicted molar refractivity (Wildman–Crippen MR) is 113 cm³/mol. The van der Waals surface area contributed by atoms with Gasteiger partial charge in [-0.05, 0) is 53.3 Å². The number of hydrogen-bond donors (Lipinski definition) is 0. The Morgan fingerprint density at radius 2 is 1.81 bits per heavy atom. The fourth-order valence-electron chi connectivity index (χ4n) is 5.56. The monoisotopic (exact) mass is 357 g/mol. The SMILES string of the molecule is [2H]c1c(C)[n+](C)c2c3c(cc(C4CCCC4)cc13)C(C)(C)c1cccc(C)c1-2. The highest BCUT2D eigenvalue weighted by Gasteiger charge is 2.39. The molecule has 0 aliphatic heterocycles. The molecule has 0 saturated heterocycles. The van der Waals surface area contributed by atoms with E-state index in [9.17, 15) is 0 Å². The highest BCUT2D eigenvalue weighted by Crippen LogP contribution is 2.50. The van der Waals surface area contributed by atoms with Crippen LogP contribution in [0.1, 0.15) is 74.8 Å². The molecule has 27 heavy (non-hydrogen) atoms. The molecule has 2 aliphatic rings. The van der Waals surface area contributed by atoms with Gasteiger partial charge < -0.3 is 0 Å². The van der Waals surface area contributed by atoms with E-state index in [0.717, 1.165) is 11.1 Å². The summed E-state index contributed by atoms with van der Waals surface area (Å²) in [7, 11) is 2.13. The minimum Gasteiger partial charge on any atom is -0.198 e. The molecular weight excluding hydrogens is 326 g/mol. The van der Waals surface area contributed by atoms with Crippen LogP contribution in [-0.2, 0) is 12.5 Å². The molecule has 3 aromatic rings. The van der Waals surface area contributed by atoms with Crippen LogP contribution in [0, 0.1) is 13.8 Å². The molecular formula is C26H30N+. The molecule has 0 amide bonds. The summed E-state index contributed by atoms with van der Waals surface area (Å²) in [6, 6.07) is 12.3. The van der Waals surface area contributed by atoms with Gasteiger partial charge in [-0.2, -0.15) is 4.57 Å². The Hall–Kier alpha value is -2.15. The summed E-state index contributed by atoms with van der Waals surface area (Å²) in [4.78, 5) is 0. The van der Waals surface area contributed by atoms with Gasteiger partial charge >= 0.3 is 0 Å². The second-order valence-electron chi connectivity index (χ2n) is 9.21. The van der Waals surface area contributed by atoms with Gasteiger partial charge in [-0.15, -0.1) is 0 Å². The van der Waals surface area contributed by atoms with Gasteiger partial charge in [0.05, 0.1) is 12.3 Å². The summed E-state index contributed by atoms with van der Waals surface area (Å²) in [6.45, 7) is 9.05. The first-order valence-electron chi connectivity index (χ1n) is 10.9. The van der Waals surface area contributed by atoms with Crippen molar-refractivity contribution in [2.45, 2.75) is 64.7 Å². The van der Waals surface area contributed by atoms with Crippen molar-refractivity contribution in [3.8, 4) is 11.3 Å². The highest BCUT2D eigenvalue weighted by atomic mass is 14.9. The number of rotatable bonds is 1. The summed E-state index contributed by atoms with van der Waals surface area (Å²) in [5.41, 5.74) is 9.25. The quantitative estimate of drug-likeness (QED) is 0.454. The van der Waals surface area contributed by atoms with Gasteiger partial charge in [-0.1, -0.05) is 57.0 Å². The topological polar surface area (TPSA) is 3.88 Å². The normalized spacial score (nSPS) is 18.6. The van der Waals surface area contributed by atoms with Crippen molar-refractivity contribution in [3.05, 3.63) is 64.3 Å². The molecule has 0 unspecified atom stereocenters. The van der Waals surface area contributed by atoms with Crippen molar-refractivity contribution in [3.63, 3.8) is 0 Å². The Kier molecular flexibility index (Phi) is 3.33. The van der Waals surface area contributed by atoms with E-state index in [-0.39, 0.29) is 5.41 Å². The van der Waals surface area contributed by atoms with Crippen LogP contribution in [0.5, 0.6) is 0 Å². The molecule has 2 aromatic carbocycles. The van der Waals surface area contributed by atoms with Gasteiger partial charge in [0, 0.05) is 18.4 Å². The molecule has 2 aliphatic carbocycles. The van der Waals surface area contributed by atoms with Crippen molar-refractivity contribution in [1.29, 1.82) is 0 Å². The van der Waals surface area contributed by atoms with E-state index < -0.39 is 0 Å². The van der Waals surface area contributed by atoms with Crippen LogP contribution in [0.25, 0.3) is 22.0 Å². The lowest BCUT2D eigenvalue weighted by Gasteiger charge is -2.35. The van der Waals surface area contributed by atoms with Crippen LogP contribution in [0.4, 0.5) is 0 Å². The lowest BCUT2D eigenvalue weighted by Crippen LogP contribution is -2.38. The second kappa shape index (κ2) is 5.67. The van der Waals surface area contributed by atoms with Gasteiger partial charge in [0.2, 0.25) is 5.69 Å². The molecule has 1 saturated carbocycles. The lowest BCUT2D eigenvalue weighted by atomic mass is 9.68. The van der Waals surface area contributed by atoms with Gasteiger partial charge in [0.15, 0.2) is 5.69 Å². The summed E-state index contributed by atoms with van der Waals surface area (Å²) in [5.74, 6) is 0.660. The molecule has 0 atom stereocenters. The molecule has 1 aromatic heterocycles. The Labute approximate surface area is 164 Å². The molecule has 5 rings (SSSR count). The molecule has 0 N–H and O–H groups in total. The maximum absolute atomic E-state index is 8.94. The first kappa shape index (κ1) is 15.9. The average molecular weight is 358 g/mol. The fraction of sp³-hybridized carbons (Fsp3) is 0.423. The van der Waals surface area contributed by atoms with Crippen LogP contribution in [0.3, 0.4) is 0 Å². The van der Waals surface area contributed by atoms with Gasteiger partial charge in [-0.25, -0.2) is 0 Å². The number of aromatic nitrogens is 1. The zero-order chi connectivity index (χ0) is 19.8. The van der Waals surface area contributed by atoms with E-state index in [1.165, 1.54) is 64.6 Å². The number of aryl methyl sites for hydroxylation is 1. The number of pyridine rings is 1. The molecule has 138 valence electrons. The van der Waals surface area contributed by atoms with E-state index in [4.69, 9.17) is 1.37 Å². The third kappa shape index (κ3) is 2.27. The Bertz CT molecular complexity index is 1130. The zero-order valence-corrected chi connectivity index (χ0v) is 17.2. The first-order valence-corrected chi connectivity index (χ1v) is 10.4. The van der Waals surface area contributed by atoms with Crippen molar-refractivity contribution in [1.82, 2.24) is 0 Å². The summed E-state index contributed by atoms with van der Waals surface area (Å²) in [5, 5.41) is 2.44. The average Bonchev–Trinajstić information content (AvgIpc) is 3.21. The Morgan fingerprint density at radius 3 is 2.56 bits per heavy atom. The zero-order valence-electron chi connectivity index (χ0n) is 18.2. The van der Waals surface area contributed by atoms with Crippen molar-refractivity contribution in [2.75, 3.05) is 0 Å². The molecule has 0 radical (unpaired) electrons. The van der Waals surface area contributed by atoms with E-state index in [0.29, 0.717) is 12.0 Å². The maximum Gasteiger partial charge on any atom is 0.221 e. The summed E-state index contributed by atoms with van der Waals surface area (Å²) < 4.78 is 11.2. The van der Waals surface area contributed by atoms with Gasteiger partial charge in [0.25, 0.3) is 0 Å². The molecule has 0 spiro atoms. The first-order chi connectivity index (χ1) is 13.3. The van der Waals surface area contributed by atoms with Gasteiger partial charge in [0.1, 0.15) is 7.05 Å². The van der Waals surface area contributed by atoms with Crippen molar-refractivity contribution >= 4 is 10.8 Å². The van der Waals surface area contributed by atoms with E-state index in [2.05, 4.69) is 69.6 Å². The molecule has 0 bridgehead atoms. The maximum atomic E-state index is 8.94. The number of fused-ring (bicyclic) bond motifs is 2. The number of nitrogens with zero attached hydrogens (tertiary/aromatic N) is 1. The standard InChI is InChI=1S/C26H30N/c1-16-9-8-12-21-23(16)25-24-20(13-17(2)27(25)5)14-19(18-10-6-7-11-18)15-22(24)26(21,3)4/h8-9,12-15,18H,6-7,10-11H2,1-5H3/q+1/i13D. The summed E-state index contributed by atoms with van der Waals surface area (Å²) >= 11 is 0. The molecule has 1 fully saturated rings. The van der Waals surface area contributed by atoms with E-state index in [1.807, 2.05) is 0 Å². The number of hydrogen-bond acceptors (Lipinski definition) is 0. The highest BCUT2D eigenvalue weighted by molar-refractivity contribution is 6.01. The van der Waals surface area contributed by atoms with Crippen molar-refractivity contribution in [2.24, 2.45) is 7.05 Å². The minimum absolute atomic E-state index is 0.0596. The Balaban J connectivity index is 1.99. The molecule has 1 heteroatoms. The third-order valence-electron chi connectivity index (χ3n) is 7.23. The number of benzene rings is 2. The molecule has 1 heterocycles. The Morgan fingerprint density at radius 1 is 1.07 bits per heavy atom. The fourth-order valence-corrected chi connectivity index (χ4v) is 5.56.